The van der Waals surface area contributed by atoms with Gasteiger partial charge in [-0.3, -0.25) is 0 Å². The average Bonchev–Trinajstić information content (AvgIpc) is 3.65. The fourth-order valence-electron chi connectivity index (χ4n) is 3.90. The van der Waals surface area contributed by atoms with Gasteiger partial charge in [0.25, 0.3) is 5.19 Å². The number of hydrogen-bond acceptors (Lipinski definition) is 9. The molecule has 0 radical (unpaired) electrons. The molecule has 35 heavy (non-hydrogen) atoms. The number of fused-ring (bicyclic) bond motifs is 2. The first-order chi connectivity index (χ1) is 17.1. The van der Waals surface area contributed by atoms with Crippen molar-refractivity contribution in [3.05, 3.63) is 58.7 Å². The van der Waals surface area contributed by atoms with Crippen LogP contribution in [0.1, 0.15) is 24.0 Å². The molecule has 4 heterocycles. The van der Waals surface area contributed by atoms with Crippen LogP contribution in [0.4, 0.5) is 0 Å². The maximum absolute atomic E-state index is 6.21. The lowest BCUT2D eigenvalue weighted by Crippen LogP contribution is -1.97. The predicted octanol–water partition coefficient (Wildman–Crippen LogP) is 6.24. The fraction of sp³-hybridized carbons (Fsp3) is 0.240. The Morgan fingerprint density at radius 1 is 1.14 bits per heavy atom. The smallest absolute Gasteiger partial charge is 0.294 e. The highest BCUT2D eigenvalue weighted by atomic mass is 32.1. The summed E-state index contributed by atoms with van der Waals surface area (Å²) < 4.78 is 24.7. The minimum absolute atomic E-state index is 0.352. The zero-order valence-corrected chi connectivity index (χ0v) is 21.0. The van der Waals surface area contributed by atoms with Crippen molar-refractivity contribution in [2.24, 2.45) is 5.92 Å². The number of allylic oxidation sites excluding steroid dienone is 4. The largest absolute Gasteiger partial charge is 0.496 e. The van der Waals surface area contributed by atoms with Crippen LogP contribution in [0.2, 0.25) is 0 Å². The molecule has 1 unspecified atom stereocenters. The molecule has 0 spiro atoms. The first-order valence-corrected chi connectivity index (χ1v) is 12.8. The van der Waals surface area contributed by atoms with Crippen LogP contribution < -0.4 is 14.2 Å². The molecule has 0 saturated heterocycles. The van der Waals surface area contributed by atoms with Gasteiger partial charge >= 0.3 is 0 Å². The molecule has 4 aromatic heterocycles. The third kappa shape index (κ3) is 4.19. The van der Waals surface area contributed by atoms with E-state index in [1.165, 1.54) is 16.9 Å². The Balaban J connectivity index is 1.27. The Morgan fingerprint density at radius 2 is 2.06 bits per heavy atom. The molecule has 0 saturated carbocycles. The summed E-state index contributed by atoms with van der Waals surface area (Å²) in [5.41, 5.74) is 3.49. The van der Waals surface area contributed by atoms with E-state index >= 15 is 0 Å². The van der Waals surface area contributed by atoms with Gasteiger partial charge in [0.15, 0.2) is 5.76 Å². The van der Waals surface area contributed by atoms with Crippen LogP contribution in [0.3, 0.4) is 0 Å². The van der Waals surface area contributed by atoms with Crippen LogP contribution >= 0.6 is 22.7 Å². The fourth-order valence-corrected chi connectivity index (χ4v) is 5.31. The Bertz CT molecular complexity index is 1560. The minimum Gasteiger partial charge on any atom is -0.496 e. The van der Waals surface area contributed by atoms with Crippen molar-refractivity contribution in [1.82, 2.24) is 19.6 Å². The first-order valence-electron chi connectivity index (χ1n) is 11.1. The highest BCUT2D eigenvalue weighted by Crippen LogP contribution is 2.38. The highest BCUT2D eigenvalue weighted by Gasteiger charge is 2.18. The summed E-state index contributed by atoms with van der Waals surface area (Å²) in [4.78, 5) is 10.1. The van der Waals surface area contributed by atoms with Crippen LogP contribution in [-0.4, -0.2) is 33.8 Å². The molecule has 0 fully saturated rings. The lowest BCUT2D eigenvalue weighted by molar-refractivity contribution is 0.307. The van der Waals surface area contributed by atoms with Gasteiger partial charge in [0.1, 0.15) is 34.4 Å². The van der Waals surface area contributed by atoms with E-state index in [2.05, 4.69) is 40.6 Å². The van der Waals surface area contributed by atoms with Crippen molar-refractivity contribution in [3.8, 4) is 28.1 Å². The van der Waals surface area contributed by atoms with Gasteiger partial charge in [-0.25, -0.2) is 14.5 Å². The van der Waals surface area contributed by atoms with Crippen molar-refractivity contribution in [2.75, 3.05) is 14.2 Å². The Kier molecular flexibility index (Phi) is 5.54. The number of hydrogen-bond donors (Lipinski definition) is 0. The van der Waals surface area contributed by atoms with Gasteiger partial charge in [0, 0.05) is 17.5 Å². The summed E-state index contributed by atoms with van der Waals surface area (Å²) in [5, 5.41) is 8.71. The highest BCUT2D eigenvalue weighted by molar-refractivity contribution is 7.18. The third-order valence-electron chi connectivity index (χ3n) is 5.77. The van der Waals surface area contributed by atoms with Crippen LogP contribution in [0.25, 0.3) is 33.0 Å². The van der Waals surface area contributed by atoms with Crippen molar-refractivity contribution in [2.45, 2.75) is 20.0 Å². The van der Waals surface area contributed by atoms with Crippen molar-refractivity contribution >= 4 is 44.2 Å². The molecule has 1 atom stereocenters. The van der Waals surface area contributed by atoms with E-state index in [9.17, 15) is 0 Å². The Labute approximate surface area is 209 Å². The molecule has 0 aliphatic heterocycles. The summed E-state index contributed by atoms with van der Waals surface area (Å²) in [6, 6.07) is 5.64. The molecule has 0 amide bonds. The van der Waals surface area contributed by atoms with Gasteiger partial charge in [0.05, 0.1) is 31.5 Å². The van der Waals surface area contributed by atoms with E-state index in [0.717, 1.165) is 27.5 Å². The number of furan rings is 1. The molecule has 8 nitrogen and oxygen atoms in total. The summed E-state index contributed by atoms with van der Waals surface area (Å²) in [6.07, 6.45) is 9.48. The van der Waals surface area contributed by atoms with Crippen LogP contribution in [-0.2, 0) is 6.61 Å². The lowest BCUT2D eigenvalue weighted by Gasteiger charge is -2.09. The van der Waals surface area contributed by atoms with E-state index < -0.39 is 0 Å². The molecule has 10 heteroatoms. The second-order valence-electron chi connectivity index (χ2n) is 8.22. The maximum atomic E-state index is 6.21. The number of benzene rings is 1. The second-order valence-corrected chi connectivity index (χ2v) is 10.1. The van der Waals surface area contributed by atoms with Crippen molar-refractivity contribution in [1.29, 1.82) is 0 Å². The summed E-state index contributed by atoms with van der Waals surface area (Å²) in [7, 11) is 3.21. The van der Waals surface area contributed by atoms with E-state index in [0.29, 0.717) is 46.3 Å². The standard InChI is InChI=1S/C25H22N4O4S2/c1-14-4-6-15(7-5-14)19-13-34-23(26-19)12-32-20-8-16(30-2)9-21-17(20)10-22(33-21)18-11-29-24(27-18)35-25(28-29)31-3/h4,6-11,13-14H,5,12H2,1-3H3. The van der Waals surface area contributed by atoms with Crippen molar-refractivity contribution < 1.29 is 18.6 Å². The molecular weight excluding hydrogens is 484 g/mol. The number of nitrogens with zero attached hydrogens (tertiary/aromatic N) is 4. The second kappa shape index (κ2) is 8.86. The number of aromatic nitrogens is 4. The quantitative estimate of drug-likeness (QED) is 0.258. The van der Waals surface area contributed by atoms with Gasteiger partial charge < -0.3 is 18.6 Å². The molecule has 178 valence electrons. The van der Waals surface area contributed by atoms with E-state index in [1.807, 2.05) is 24.4 Å². The lowest BCUT2D eigenvalue weighted by atomic mass is 9.97. The normalized spacial score (nSPS) is 15.6. The number of methoxy groups -OCH3 is 2. The van der Waals surface area contributed by atoms with E-state index in [-0.39, 0.29) is 0 Å². The molecule has 0 bridgehead atoms. The van der Waals surface area contributed by atoms with Crippen LogP contribution in [0.15, 0.2) is 52.4 Å². The molecule has 6 rings (SSSR count). The van der Waals surface area contributed by atoms with Gasteiger partial charge in [-0.1, -0.05) is 25.2 Å². The SMILES string of the molecule is COc1cc(OCc2nc(C3=CCC(C)C=C3)cs2)c2cc(-c3cn4nc(OC)sc4n3)oc2c1. The number of thiazole rings is 1. The average molecular weight is 507 g/mol. The molecule has 5 aromatic rings. The summed E-state index contributed by atoms with van der Waals surface area (Å²) >= 11 is 2.96. The van der Waals surface area contributed by atoms with Gasteiger partial charge in [-0.15, -0.1) is 16.4 Å². The molecule has 0 N–H and O–H groups in total. The monoisotopic (exact) mass is 506 g/mol. The molecule has 1 aliphatic carbocycles. The van der Waals surface area contributed by atoms with Gasteiger partial charge in [-0.2, -0.15) is 0 Å². The Morgan fingerprint density at radius 3 is 2.83 bits per heavy atom. The predicted molar refractivity (Wildman–Crippen MR) is 137 cm³/mol. The zero-order chi connectivity index (χ0) is 23.9. The molecule has 1 aliphatic rings. The molecular formula is C25H22N4O4S2. The van der Waals surface area contributed by atoms with Gasteiger partial charge in [0.2, 0.25) is 4.96 Å². The van der Waals surface area contributed by atoms with E-state index in [4.69, 9.17) is 23.6 Å². The van der Waals surface area contributed by atoms with E-state index in [1.54, 1.807) is 30.1 Å². The summed E-state index contributed by atoms with van der Waals surface area (Å²) in [5.74, 6) is 2.51. The number of rotatable bonds is 7. The van der Waals surface area contributed by atoms with Gasteiger partial charge in [-0.05, 0) is 35.3 Å². The maximum Gasteiger partial charge on any atom is 0.294 e. The topological polar surface area (TPSA) is 83.9 Å². The Hall–Kier alpha value is -3.63. The number of ether oxygens (including phenoxy) is 3. The third-order valence-corrected chi connectivity index (χ3v) is 7.48. The summed E-state index contributed by atoms with van der Waals surface area (Å²) in [6.45, 7) is 2.56. The minimum atomic E-state index is 0.352. The van der Waals surface area contributed by atoms with Crippen molar-refractivity contribution in [3.63, 3.8) is 0 Å². The molecule has 1 aromatic carbocycles. The zero-order valence-electron chi connectivity index (χ0n) is 19.3. The first kappa shape index (κ1) is 21.9. The van der Waals surface area contributed by atoms with Crippen LogP contribution in [0, 0.1) is 5.92 Å². The van der Waals surface area contributed by atoms with Crippen LogP contribution in [0.5, 0.6) is 16.7 Å². The number of imidazole rings is 1.